The highest BCUT2D eigenvalue weighted by atomic mass is 19.1. The molecule has 3 nitrogen and oxygen atoms in total. The summed E-state index contributed by atoms with van der Waals surface area (Å²) in [6.45, 7) is 1.81. The molecule has 17 heavy (non-hydrogen) atoms. The number of hydrogen-bond acceptors (Lipinski definition) is 2. The second-order valence-corrected chi connectivity index (χ2v) is 4.55. The lowest BCUT2D eigenvalue weighted by Crippen LogP contribution is -2.33. The van der Waals surface area contributed by atoms with Crippen molar-refractivity contribution in [3.05, 3.63) is 35.1 Å². The Morgan fingerprint density at radius 2 is 2.29 bits per heavy atom. The van der Waals surface area contributed by atoms with Crippen LogP contribution in [0.5, 0.6) is 0 Å². The second kappa shape index (κ2) is 4.84. The normalized spacial score (nSPS) is 16.6. The Bertz CT molecular complexity index is 429. The Morgan fingerprint density at radius 3 is 2.94 bits per heavy atom. The molecule has 1 amide bonds. The van der Waals surface area contributed by atoms with E-state index in [4.69, 9.17) is 0 Å². The Labute approximate surface area is 99.7 Å². The minimum Gasteiger partial charge on any atom is -0.391 e. The molecule has 1 saturated carbocycles. The fourth-order valence-electron chi connectivity index (χ4n) is 1.76. The average Bonchev–Trinajstić information content (AvgIpc) is 3.13. The van der Waals surface area contributed by atoms with E-state index in [-0.39, 0.29) is 12.1 Å². The highest BCUT2D eigenvalue weighted by Crippen LogP contribution is 2.32. The van der Waals surface area contributed by atoms with E-state index < -0.39 is 17.8 Å². The zero-order chi connectivity index (χ0) is 12.4. The van der Waals surface area contributed by atoms with E-state index in [0.29, 0.717) is 11.5 Å². The first-order chi connectivity index (χ1) is 8.09. The number of carbonyl (C=O) groups is 1. The number of aryl methyl sites for hydroxylation is 1. The minimum absolute atomic E-state index is 0.0352. The number of halogens is 1. The molecule has 1 aliphatic rings. The first kappa shape index (κ1) is 12.0. The third-order valence-electron chi connectivity index (χ3n) is 3.07. The molecular weight excluding hydrogens is 221 g/mol. The molecule has 0 saturated heterocycles. The van der Waals surface area contributed by atoms with Crippen LogP contribution in [-0.4, -0.2) is 23.7 Å². The molecule has 1 atom stereocenters. The van der Waals surface area contributed by atoms with Crippen LogP contribution in [0.25, 0.3) is 0 Å². The van der Waals surface area contributed by atoms with Crippen LogP contribution in [0.4, 0.5) is 4.39 Å². The summed E-state index contributed by atoms with van der Waals surface area (Å²) < 4.78 is 13.6. The zero-order valence-corrected chi connectivity index (χ0v) is 9.74. The predicted molar refractivity (Wildman–Crippen MR) is 62.2 cm³/mol. The predicted octanol–water partition coefficient (Wildman–Crippen LogP) is 1.63. The minimum atomic E-state index is -0.508. The summed E-state index contributed by atoms with van der Waals surface area (Å²) in [4.78, 5) is 11.7. The Kier molecular flexibility index (Phi) is 3.43. The van der Waals surface area contributed by atoms with Crippen LogP contribution < -0.4 is 5.32 Å². The van der Waals surface area contributed by atoms with Gasteiger partial charge in [0.2, 0.25) is 0 Å². The van der Waals surface area contributed by atoms with E-state index in [1.54, 1.807) is 19.1 Å². The van der Waals surface area contributed by atoms with Gasteiger partial charge in [-0.15, -0.1) is 0 Å². The number of hydrogen-bond donors (Lipinski definition) is 2. The molecule has 1 aromatic carbocycles. The van der Waals surface area contributed by atoms with E-state index in [1.165, 1.54) is 6.07 Å². The van der Waals surface area contributed by atoms with E-state index in [9.17, 15) is 14.3 Å². The van der Waals surface area contributed by atoms with Crippen molar-refractivity contribution in [1.82, 2.24) is 5.32 Å². The SMILES string of the molecule is Cc1cccc(C(=O)NCC(O)C2CC2)c1F. The van der Waals surface area contributed by atoms with Gasteiger partial charge in [0.1, 0.15) is 5.82 Å². The summed E-state index contributed by atoms with van der Waals surface area (Å²) in [5.41, 5.74) is 0.480. The van der Waals surface area contributed by atoms with Gasteiger partial charge in [0, 0.05) is 6.54 Å². The molecule has 4 heteroatoms. The Balaban J connectivity index is 1.96. The quantitative estimate of drug-likeness (QED) is 0.836. The maximum absolute atomic E-state index is 13.6. The van der Waals surface area contributed by atoms with Gasteiger partial charge in [-0.3, -0.25) is 4.79 Å². The molecule has 2 N–H and O–H groups in total. The lowest BCUT2D eigenvalue weighted by atomic mass is 10.1. The summed E-state index contributed by atoms with van der Waals surface area (Å²) in [7, 11) is 0. The van der Waals surface area contributed by atoms with Crippen LogP contribution in [0, 0.1) is 18.7 Å². The van der Waals surface area contributed by atoms with E-state index in [2.05, 4.69) is 5.32 Å². The van der Waals surface area contributed by atoms with Crippen LogP contribution in [0.15, 0.2) is 18.2 Å². The molecule has 1 aliphatic carbocycles. The summed E-state index contributed by atoms with van der Waals surface area (Å²) in [5.74, 6) is -0.658. The average molecular weight is 237 g/mol. The van der Waals surface area contributed by atoms with E-state index in [1.807, 2.05) is 0 Å². The molecular formula is C13H16FNO2. The molecule has 0 radical (unpaired) electrons. The van der Waals surface area contributed by atoms with Crippen LogP contribution in [0.1, 0.15) is 28.8 Å². The van der Waals surface area contributed by atoms with Gasteiger partial charge in [0.05, 0.1) is 11.7 Å². The van der Waals surface area contributed by atoms with Crippen LogP contribution in [-0.2, 0) is 0 Å². The topological polar surface area (TPSA) is 49.3 Å². The standard InChI is InChI=1S/C13H16FNO2/c1-8-3-2-4-10(12(8)14)13(17)15-7-11(16)9-5-6-9/h2-4,9,11,16H,5-7H2,1H3,(H,15,17). The summed E-state index contributed by atoms with van der Waals surface area (Å²) in [6.07, 6.45) is 1.51. The van der Waals surface area contributed by atoms with Crippen LogP contribution >= 0.6 is 0 Å². The van der Waals surface area contributed by atoms with Gasteiger partial charge in [-0.05, 0) is 37.3 Å². The lowest BCUT2D eigenvalue weighted by molar-refractivity contribution is 0.0897. The number of aliphatic hydroxyl groups excluding tert-OH is 1. The zero-order valence-electron chi connectivity index (χ0n) is 9.74. The second-order valence-electron chi connectivity index (χ2n) is 4.55. The van der Waals surface area contributed by atoms with E-state index >= 15 is 0 Å². The molecule has 0 aliphatic heterocycles. The molecule has 2 rings (SSSR count). The number of carbonyl (C=O) groups excluding carboxylic acids is 1. The van der Waals surface area contributed by atoms with Gasteiger partial charge in [-0.25, -0.2) is 4.39 Å². The highest BCUT2D eigenvalue weighted by molar-refractivity contribution is 5.94. The fraction of sp³-hybridized carbons (Fsp3) is 0.462. The van der Waals surface area contributed by atoms with Gasteiger partial charge in [-0.2, -0.15) is 0 Å². The third kappa shape index (κ3) is 2.82. The van der Waals surface area contributed by atoms with Gasteiger partial charge in [-0.1, -0.05) is 12.1 Å². The van der Waals surface area contributed by atoms with Gasteiger partial charge < -0.3 is 10.4 Å². The molecule has 0 bridgehead atoms. The van der Waals surface area contributed by atoms with Crippen LogP contribution in [0.3, 0.4) is 0 Å². The van der Waals surface area contributed by atoms with Crippen molar-refractivity contribution in [2.45, 2.75) is 25.9 Å². The summed E-state index contributed by atoms with van der Waals surface area (Å²) in [5, 5.41) is 12.2. The maximum atomic E-state index is 13.6. The maximum Gasteiger partial charge on any atom is 0.254 e. The van der Waals surface area contributed by atoms with Crippen molar-refractivity contribution in [3.8, 4) is 0 Å². The van der Waals surface area contributed by atoms with Crippen molar-refractivity contribution in [2.24, 2.45) is 5.92 Å². The highest BCUT2D eigenvalue weighted by Gasteiger charge is 2.29. The van der Waals surface area contributed by atoms with Gasteiger partial charge in [0.25, 0.3) is 5.91 Å². The third-order valence-corrected chi connectivity index (χ3v) is 3.07. The smallest absolute Gasteiger partial charge is 0.254 e. The number of rotatable bonds is 4. The molecule has 92 valence electrons. The summed E-state index contributed by atoms with van der Waals surface area (Å²) in [6, 6.07) is 4.71. The van der Waals surface area contributed by atoms with Crippen molar-refractivity contribution in [1.29, 1.82) is 0 Å². The number of amides is 1. The molecule has 1 fully saturated rings. The largest absolute Gasteiger partial charge is 0.391 e. The van der Waals surface area contributed by atoms with Crippen molar-refractivity contribution in [2.75, 3.05) is 6.54 Å². The van der Waals surface area contributed by atoms with Gasteiger partial charge >= 0.3 is 0 Å². The Morgan fingerprint density at radius 1 is 1.59 bits per heavy atom. The lowest BCUT2D eigenvalue weighted by Gasteiger charge is -2.11. The van der Waals surface area contributed by atoms with Crippen molar-refractivity contribution >= 4 is 5.91 Å². The first-order valence-corrected chi connectivity index (χ1v) is 5.81. The van der Waals surface area contributed by atoms with Crippen molar-refractivity contribution < 1.29 is 14.3 Å². The number of benzene rings is 1. The molecule has 0 spiro atoms. The number of nitrogens with one attached hydrogen (secondary N) is 1. The fourth-order valence-corrected chi connectivity index (χ4v) is 1.76. The summed E-state index contributed by atoms with van der Waals surface area (Å²) >= 11 is 0. The van der Waals surface area contributed by atoms with Crippen LogP contribution in [0.2, 0.25) is 0 Å². The molecule has 1 aromatic rings. The first-order valence-electron chi connectivity index (χ1n) is 5.81. The van der Waals surface area contributed by atoms with Crippen molar-refractivity contribution in [3.63, 3.8) is 0 Å². The van der Waals surface area contributed by atoms with Gasteiger partial charge in [0.15, 0.2) is 0 Å². The monoisotopic (exact) mass is 237 g/mol. The Hall–Kier alpha value is -1.42. The molecule has 0 heterocycles. The van der Waals surface area contributed by atoms with E-state index in [0.717, 1.165) is 12.8 Å². The molecule has 1 unspecified atom stereocenters. The molecule has 0 aromatic heterocycles. The number of aliphatic hydroxyl groups is 1.